The van der Waals surface area contributed by atoms with E-state index in [4.69, 9.17) is 5.73 Å². The molecule has 0 radical (unpaired) electrons. The summed E-state index contributed by atoms with van der Waals surface area (Å²) in [6.45, 7) is 1.89. The van der Waals surface area contributed by atoms with E-state index in [0.29, 0.717) is 17.2 Å². The molecule has 3 rings (SSSR count). The van der Waals surface area contributed by atoms with E-state index in [1.165, 1.54) is 12.1 Å². The van der Waals surface area contributed by atoms with Gasteiger partial charge < -0.3 is 5.73 Å². The Balaban J connectivity index is 2.14. The number of hydrogen-bond acceptors (Lipinski definition) is 5. The van der Waals surface area contributed by atoms with Crippen molar-refractivity contribution in [2.45, 2.75) is 32.6 Å². The molecule has 0 saturated heterocycles. The van der Waals surface area contributed by atoms with E-state index in [2.05, 4.69) is 9.97 Å². The fraction of sp³-hybridized carbons (Fsp3) is 0.333. The first kappa shape index (κ1) is 13.5. The first-order valence-electron chi connectivity index (χ1n) is 6.97. The Morgan fingerprint density at radius 2 is 2.00 bits per heavy atom. The molecule has 0 spiro atoms. The maximum atomic E-state index is 10.9. The van der Waals surface area contributed by atoms with Crippen LogP contribution < -0.4 is 5.73 Å². The van der Waals surface area contributed by atoms with Crippen LogP contribution in [0, 0.1) is 17.0 Å². The molecule has 2 aromatic rings. The molecule has 6 heteroatoms. The quantitative estimate of drug-likeness (QED) is 0.675. The van der Waals surface area contributed by atoms with Crippen molar-refractivity contribution in [2.24, 2.45) is 0 Å². The first-order chi connectivity index (χ1) is 10.1. The summed E-state index contributed by atoms with van der Waals surface area (Å²) in [6, 6.07) is 4.71. The van der Waals surface area contributed by atoms with E-state index < -0.39 is 4.92 Å². The van der Waals surface area contributed by atoms with Crippen molar-refractivity contribution in [2.75, 3.05) is 5.73 Å². The standard InChI is InChI=1S/C15H16N4O2/c1-9-6-7-10(19(20)21)8-12(9)15-17-13-5-3-2-4-11(13)14(16)18-15/h6-8H,2-5H2,1H3,(H2,16,17,18). The molecular formula is C15H16N4O2. The molecule has 0 unspecified atom stereocenters. The number of aromatic nitrogens is 2. The number of anilines is 1. The molecule has 0 fully saturated rings. The number of fused-ring (bicyclic) bond motifs is 1. The lowest BCUT2D eigenvalue weighted by Crippen LogP contribution is -2.12. The van der Waals surface area contributed by atoms with Crippen molar-refractivity contribution >= 4 is 11.5 Å². The van der Waals surface area contributed by atoms with Gasteiger partial charge in [0.15, 0.2) is 5.82 Å². The normalized spacial score (nSPS) is 13.8. The SMILES string of the molecule is Cc1ccc([N+](=O)[O-])cc1-c1nc(N)c2c(n1)CCCC2. The van der Waals surface area contributed by atoms with E-state index in [9.17, 15) is 10.1 Å². The van der Waals surface area contributed by atoms with E-state index in [1.54, 1.807) is 6.07 Å². The number of benzene rings is 1. The summed E-state index contributed by atoms with van der Waals surface area (Å²) in [5, 5.41) is 10.9. The lowest BCUT2D eigenvalue weighted by atomic mass is 9.96. The molecule has 1 aliphatic rings. The predicted molar refractivity (Wildman–Crippen MR) is 79.9 cm³/mol. The van der Waals surface area contributed by atoms with Gasteiger partial charge >= 0.3 is 0 Å². The van der Waals surface area contributed by atoms with Crippen molar-refractivity contribution in [3.05, 3.63) is 45.1 Å². The molecule has 0 amide bonds. The average Bonchev–Trinajstić information content (AvgIpc) is 2.47. The molecule has 0 saturated carbocycles. The van der Waals surface area contributed by atoms with Gasteiger partial charge in [0.05, 0.1) is 4.92 Å². The first-order valence-corrected chi connectivity index (χ1v) is 6.97. The van der Waals surface area contributed by atoms with Crippen molar-refractivity contribution in [3.63, 3.8) is 0 Å². The molecule has 0 atom stereocenters. The van der Waals surface area contributed by atoms with E-state index >= 15 is 0 Å². The van der Waals surface area contributed by atoms with Crippen LogP contribution in [0.15, 0.2) is 18.2 Å². The number of nitro groups is 1. The van der Waals surface area contributed by atoms with Gasteiger partial charge in [-0.1, -0.05) is 6.07 Å². The van der Waals surface area contributed by atoms with Crippen molar-refractivity contribution in [1.29, 1.82) is 0 Å². The smallest absolute Gasteiger partial charge is 0.270 e. The second-order valence-corrected chi connectivity index (χ2v) is 5.32. The van der Waals surface area contributed by atoms with Crippen LogP contribution >= 0.6 is 0 Å². The topological polar surface area (TPSA) is 94.9 Å². The lowest BCUT2D eigenvalue weighted by Gasteiger charge is -2.17. The zero-order valence-corrected chi connectivity index (χ0v) is 11.8. The molecule has 1 aromatic heterocycles. The monoisotopic (exact) mass is 284 g/mol. The molecule has 21 heavy (non-hydrogen) atoms. The number of aryl methyl sites for hydroxylation is 2. The zero-order valence-electron chi connectivity index (χ0n) is 11.8. The summed E-state index contributed by atoms with van der Waals surface area (Å²) < 4.78 is 0. The minimum atomic E-state index is -0.412. The number of nitrogens with zero attached hydrogens (tertiary/aromatic N) is 3. The van der Waals surface area contributed by atoms with Crippen molar-refractivity contribution in [1.82, 2.24) is 9.97 Å². The van der Waals surface area contributed by atoms with Crippen LogP contribution in [0.4, 0.5) is 11.5 Å². The van der Waals surface area contributed by atoms with Gasteiger partial charge in [0.1, 0.15) is 5.82 Å². The number of nitrogens with two attached hydrogens (primary N) is 1. The third-order valence-electron chi connectivity index (χ3n) is 3.89. The second kappa shape index (κ2) is 5.12. The highest BCUT2D eigenvalue weighted by atomic mass is 16.6. The van der Waals surface area contributed by atoms with Crippen LogP contribution in [0.2, 0.25) is 0 Å². The number of nitro benzene ring substituents is 1. The number of rotatable bonds is 2. The van der Waals surface area contributed by atoms with Gasteiger partial charge in [0.2, 0.25) is 0 Å². The van der Waals surface area contributed by atoms with Gasteiger partial charge in [0.25, 0.3) is 5.69 Å². The fourth-order valence-electron chi connectivity index (χ4n) is 2.71. The third kappa shape index (κ3) is 2.44. The highest BCUT2D eigenvalue weighted by Gasteiger charge is 2.19. The molecular weight excluding hydrogens is 268 g/mol. The summed E-state index contributed by atoms with van der Waals surface area (Å²) in [5.74, 6) is 0.981. The molecule has 6 nitrogen and oxygen atoms in total. The highest BCUT2D eigenvalue weighted by Crippen LogP contribution is 2.29. The number of non-ortho nitro benzene ring substituents is 1. The highest BCUT2D eigenvalue weighted by molar-refractivity contribution is 5.65. The van der Waals surface area contributed by atoms with Crippen LogP contribution in [0.3, 0.4) is 0 Å². The zero-order chi connectivity index (χ0) is 15.0. The third-order valence-corrected chi connectivity index (χ3v) is 3.89. The van der Waals surface area contributed by atoms with Crippen LogP contribution in [-0.4, -0.2) is 14.9 Å². The van der Waals surface area contributed by atoms with Crippen molar-refractivity contribution in [3.8, 4) is 11.4 Å². The van der Waals surface area contributed by atoms with Crippen LogP contribution in [0.5, 0.6) is 0 Å². The Kier molecular flexibility index (Phi) is 3.29. The summed E-state index contributed by atoms with van der Waals surface area (Å²) in [4.78, 5) is 19.5. The van der Waals surface area contributed by atoms with Crippen LogP contribution in [-0.2, 0) is 12.8 Å². The molecule has 108 valence electrons. The molecule has 1 aliphatic carbocycles. The minimum Gasteiger partial charge on any atom is -0.383 e. The second-order valence-electron chi connectivity index (χ2n) is 5.32. The minimum absolute atomic E-state index is 0.0375. The number of nitrogen functional groups attached to an aromatic ring is 1. The van der Waals surface area contributed by atoms with E-state index in [1.807, 2.05) is 6.92 Å². The summed E-state index contributed by atoms with van der Waals surface area (Å²) in [5.41, 5.74) is 9.67. The van der Waals surface area contributed by atoms with Gasteiger partial charge in [-0.3, -0.25) is 10.1 Å². The summed E-state index contributed by atoms with van der Waals surface area (Å²) in [7, 11) is 0. The molecule has 2 N–H and O–H groups in total. The fourth-order valence-corrected chi connectivity index (χ4v) is 2.71. The van der Waals surface area contributed by atoms with Gasteiger partial charge in [-0.15, -0.1) is 0 Å². The average molecular weight is 284 g/mol. The van der Waals surface area contributed by atoms with E-state index in [-0.39, 0.29) is 5.69 Å². The Bertz CT molecular complexity index is 728. The van der Waals surface area contributed by atoms with Crippen molar-refractivity contribution < 1.29 is 4.92 Å². The Morgan fingerprint density at radius 3 is 2.76 bits per heavy atom. The summed E-state index contributed by atoms with van der Waals surface area (Å²) >= 11 is 0. The van der Waals surface area contributed by atoms with Crippen LogP contribution in [0.25, 0.3) is 11.4 Å². The Labute approximate surface area is 122 Å². The Morgan fingerprint density at radius 1 is 1.24 bits per heavy atom. The Hall–Kier alpha value is -2.50. The van der Waals surface area contributed by atoms with Gasteiger partial charge in [0, 0.05) is 29.0 Å². The predicted octanol–water partition coefficient (Wildman–Crippen LogP) is 2.82. The lowest BCUT2D eigenvalue weighted by molar-refractivity contribution is -0.384. The molecule has 0 bridgehead atoms. The van der Waals surface area contributed by atoms with Gasteiger partial charge in [-0.2, -0.15) is 0 Å². The maximum absolute atomic E-state index is 10.9. The van der Waals surface area contributed by atoms with Gasteiger partial charge in [-0.05, 0) is 38.2 Å². The summed E-state index contributed by atoms with van der Waals surface area (Å²) in [6.07, 6.45) is 4.00. The molecule has 1 aromatic carbocycles. The number of hydrogen-bond donors (Lipinski definition) is 1. The van der Waals surface area contributed by atoms with E-state index in [0.717, 1.165) is 42.5 Å². The maximum Gasteiger partial charge on any atom is 0.270 e. The van der Waals surface area contributed by atoms with Crippen LogP contribution in [0.1, 0.15) is 29.7 Å². The largest absolute Gasteiger partial charge is 0.383 e. The van der Waals surface area contributed by atoms with Gasteiger partial charge in [-0.25, -0.2) is 9.97 Å². The molecule has 1 heterocycles. The molecule has 0 aliphatic heterocycles.